The van der Waals surface area contributed by atoms with Crippen LogP contribution in [0, 0.1) is 0 Å². The highest BCUT2D eigenvalue weighted by atomic mass is 19.4. The fourth-order valence-corrected chi connectivity index (χ4v) is 1.70. The van der Waals surface area contributed by atoms with Crippen LogP contribution >= 0.6 is 0 Å². The van der Waals surface area contributed by atoms with Crippen molar-refractivity contribution in [3.05, 3.63) is 30.6 Å². The molecule has 20 heavy (non-hydrogen) atoms. The van der Waals surface area contributed by atoms with Crippen LogP contribution in [0.2, 0.25) is 0 Å². The first-order chi connectivity index (χ1) is 9.49. The van der Waals surface area contributed by atoms with E-state index in [1.165, 1.54) is 18.2 Å². The van der Waals surface area contributed by atoms with Gasteiger partial charge in [0, 0.05) is 12.3 Å². The topological polar surface area (TPSA) is 78.6 Å². The molecular weight excluding hydrogens is 275 g/mol. The smallest absolute Gasteiger partial charge is 0.406 e. The van der Waals surface area contributed by atoms with Crippen LogP contribution in [0.1, 0.15) is 0 Å². The largest absolute Gasteiger partial charge is 0.573 e. The van der Waals surface area contributed by atoms with E-state index in [4.69, 9.17) is 0 Å². The molecule has 0 atom stereocenters. The quantitative estimate of drug-likeness (QED) is 0.690. The van der Waals surface area contributed by atoms with Gasteiger partial charge in [-0.3, -0.25) is 5.10 Å². The number of aromatic nitrogens is 4. The zero-order valence-corrected chi connectivity index (χ0v) is 9.82. The van der Waals surface area contributed by atoms with Gasteiger partial charge >= 0.3 is 6.36 Å². The van der Waals surface area contributed by atoms with E-state index in [-0.39, 0.29) is 5.75 Å². The molecule has 0 saturated carbocycles. The van der Waals surface area contributed by atoms with Crippen LogP contribution in [0.3, 0.4) is 0 Å². The summed E-state index contributed by atoms with van der Waals surface area (Å²) in [4.78, 5) is 7.03. The molecule has 2 heterocycles. The highest BCUT2D eigenvalue weighted by molar-refractivity contribution is 5.79. The highest BCUT2D eigenvalue weighted by Gasteiger charge is 2.31. The minimum atomic E-state index is -4.72. The Balaban J connectivity index is 1.87. The van der Waals surface area contributed by atoms with Gasteiger partial charge in [-0.1, -0.05) is 0 Å². The fourth-order valence-electron chi connectivity index (χ4n) is 1.70. The first kappa shape index (κ1) is 12.3. The molecule has 104 valence electrons. The molecule has 9 heteroatoms. The van der Waals surface area contributed by atoms with Crippen LogP contribution in [-0.4, -0.2) is 26.5 Å². The molecule has 3 aromatic rings. The van der Waals surface area contributed by atoms with Gasteiger partial charge < -0.3 is 15.0 Å². The van der Waals surface area contributed by atoms with E-state index in [2.05, 4.69) is 30.2 Å². The van der Waals surface area contributed by atoms with Gasteiger partial charge in [-0.25, -0.2) is 4.98 Å². The summed E-state index contributed by atoms with van der Waals surface area (Å²) in [5.41, 5.74) is 1.62. The van der Waals surface area contributed by atoms with Crippen molar-refractivity contribution in [3.63, 3.8) is 0 Å². The Kier molecular flexibility index (Phi) is 2.74. The Labute approximate surface area is 110 Å². The van der Waals surface area contributed by atoms with Gasteiger partial charge in [0.25, 0.3) is 0 Å². The summed E-state index contributed by atoms with van der Waals surface area (Å²) in [6.45, 7) is 0. The number of hydrogen-bond acceptors (Lipinski definition) is 4. The third-order valence-electron chi connectivity index (χ3n) is 2.45. The standard InChI is InChI=1S/C11H8F3N5O/c12-11(13,14)20-7-1-2-8-9(3-7)19-10(18-8)17-6-4-15-16-5-6/h1-5H,(H,15,16)(H2,17,18,19). The van der Waals surface area contributed by atoms with Crippen molar-refractivity contribution in [2.45, 2.75) is 6.36 Å². The van der Waals surface area contributed by atoms with Crippen LogP contribution in [0.25, 0.3) is 11.0 Å². The van der Waals surface area contributed by atoms with Crippen molar-refractivity contribution < 1.29 is 17.9 Å². The van der Waals surface area contributed by atoms with Crippen LogP contribution in [0.15, 0.2) is 30.6 Å². The first-order valence-corrected chi connectivity index (χ1v) is 5.51. The van der Waals surface area contributed by atoms with Gasteiger partial charge in [-0.05, 0) is 12.1 Å². The van der Waals surface area contributed by atoms with E-state index in [0.29, 0.717) is 22.7 Å². The third-order valence-corrected chi connectivity index (χ3v) is 2.45. The second-order valence-electron chi connectivity index (χ2n) is 3.92. The Morgan fingerprint density at radius 3 is 2.80 bits per heavy atom. The first-order valence-electron chi connectivity index (χ1n) is 5.51. The van der Waals surface area contributed by atoms with Gasteiger partial charge in [-0.2, -0.15) is 5.10 Å². The Bertz CT molecular complexity index is 719. The SMILES string of the molecule is FC(F)(F)Oc1ccc2nc(Nc3cn[nH]c3)[nH]c2c1. The maximum atomic E-state index is 12.1. The average molecular weight is 283 g/mol. The summed E-state index contributed by atoms with van der Waals surface area (Å²) in [6.07, 6.45) is -1.55. The molecule has 0 bridgehead atoms. The van der Waals surface area contributed by atoms with Crippen LogP contribution in [0.4, 0.5) is 24.8 Å². The van der Waals surface area contributed by atoms with Gasteiger partial charge in [0.05, 0.1) is 22.9 Å². The number of benzene rings is 1. The summed E-state index contributed by atoms with van der Waals surface area (Å²) in [6, 6.07) is 3.88. The van der Waals surface area contributed by atoms with E-state index in [1.54, 1.807) is 12.4 Å². The number of ether oxygens (including phenoxy) is 1. The van der Waals surface area contributed by atoms with Crippen LogP contribution in [0.5, 0.6) is 5.75 Å². The Morgan fingerprint density at radius 2 is 2.10 bits per heavy atom. The van der Waals surface area contributed by atoms with Gasteiger partial charge in [0.2, 0.25) is 5.95 Å². The van der Waals surface area contributed by atoms with Crippen molar-refractivity contribution >= 4 is 22.7 Å². The number of rotatable bonds is 3. The van der Waals surface area contributed by atoms with E-state index >= 15 is 0 Å². The minimum Gasteiger partial charge on any atom is -0.406 e. The number of imidazole rings is 1. The summed E-state index contributed by atoms with van der Waals surface area (Å²) in [5.74, 6) is 0.0917. The molecule has 0 aliphatic heterocycles. The zero-order chi connectivity index (χ0) is 14.2. The number of alkyl halides is 3. The van der Waals surface area contributed by atoms with Gasteiger partial charge in [0.15, 0.2) is 0 Å². The summed E-state index contributed by atoms with van der Waals surface area (Å²) < 4.78 is 40.2. The highest BCUT2D eigenvalue weighted by Crippen LogP contribution is 2.26. The van der Waals surface area contributed by atoms with E-state index in [0.717, 1.165) is 0 Å². The molecule has 0 unspecified atom stereocenters. The summed E-state index contributed by atoms with van der Waals surface area (Å²) in [7, 11) is 0. The molecule has 0 amide bonds. The normalized spacial score (nSPS) is 11.8. The molecule has 2 aromatic heterocycles. The lowest BCUT2D eigenvalue weighted by Gasteiger charge is -2.07. The average Bonchev–Trinajstić information content (AvgIpc) is 2.95. The predicted octanol–water partition coefficient (Wildman–Crippen LogP) is 2.93. The maximum Gasteiger partial charge on any atom is 0.573 e. The molecular formula is C11H8F3N5O. The molecule has 0 aliphatic rings. The molecule has 6 nitrogen and oxygen atoms in total. The second-order valence-corrected chi connectivity index (χ2v) is 3.92. The number of fused-ring (bicyclic) bond motifs is 1. The minimum absolute atomic E-state index is 0.302. The molecule has 0 spiro atoms. The number of nitrogens with one attached hydrogen (secondary N) is 3. The molecule has 3 N–H and O–H groups in total. The van der Waals surface area contributed by atoms with Gasteiger partial charge in [0.1, 0.15) is 5.75 Å². The van der Waals surface area contributed by atoms with Gasteiger partial charge in [-0.15, -0.1) is 13.2 Å². The molecule has 0 aliphatic carbocycles. The lowest BCUT2D eigenvalue weighted by Crippen LogP contribution is -2.16. The van der Waals surface area contributed by atoms with Crippen molar-refractivity contribution in [2.75, 3.05) is 5.32 Å². The summed E-state index contributed by atoms with van der Waals surface area (Å²) in [5, 5.41) is 9.29. The monoisotopic (exact) mass is 283 g/mol. The zero-order valence-electron chi connectivity index (χ0n) is 9.82. The number of aromatic amines is 2. The Hall–Kier alpha value is -2.71. The van der Waals surface area contributed by atoms with Crippen molar-refractivity contribution in [2.24, 2.45) is 0 Å². The van der Waals surface area contributed by atoms with Crippen molar-refractivity contribution in [3.8, 4) is 5.75 Å². The number of halogens is 3. The van der Waals surface area contributed by atoms with Crippen molar-refractivity contribution in [1.29, 1.82) is 0 Å². The third kappa shape index (κ3) is 2.66. The van der Waals surface area contributed by atoms with E-state index in [9.17, 15) is 13.2 Å². The fraction of sp³-hybridized carbons (Fsp3) is 0.0909. The lowest BCUT2D eigenvalue weighted by molar-refractivity contribution is -0.274. The summed E-state index contributed by atoms with van der Waals surface area (Å²) >= 11 is 0. The lowest BCUT2D eigenvalue weighted by atomic mass is 10.3. The predicted molar refractivity (Wildman–Crippen MR) is 64.6 cm³/mol. The van der Waals surface area contributed by atoms with Crippen LogP contribution < -0.4 is 10.1 Å². The van der Waals surface area contributed by atoms with E-state index < -0.39 is 6.36 Å². The number of nitrogens with zero attached hydrogens (tertiary/aromatic N) is 2. The molecule has 0 fully saturated rings. The Morgan fingerprint density at radius 1 is 1.25 bits per heavy atom. The number of hydrogen-bond donors (Lipinski definition) is 3. The molecule has 3 rings (SSSR count). The van der Waals surface area contributed by atoms with Crippen LogP contribution in [-0.2, 0) is 0 Å². The molecule has 0 saturated heterocycles. The van der Waals surface area contributed by atoms with Crippen molar-refractivity contribution in [1.82, 2.24) is 20.2 Å². The van der Waals surface area contributed by atoms with E-state index in [1.807, 2.05) is 0 Å². The second kappa shape index (κ2) is 4.44. The number of H-pyrrole nitrogens is 2. The molecule has 1 aromatic carbocycles. The molecule has 0 radical (unpaired) electrons. The maximum absolute atomic E-state index is 12.1. The number of anilines is 2.